The number of rotatable bonds is 3. The summed E-state index contributed by atoms with van der Waals surface area (Å²) >= 11 is 5.75. The number of carboxylic acids is 1. The Morgan fingerprint density at radius 1 is 1.30 bits per heavy atom. The van der Waals surface area contributed by atoms with Gasteiger partial charge in [0.15, 0.2) is 0 Å². The molecule has 1 aliphatic heterocycles. The molecule has 0 aromatic heterocycles. The van der Waals surface area contributed by atoms with E-state index in [1.807, 2.05) is 0 Å². The van der Waals surface area contributed by atoms with Crippen molar-refractivity contribution in [3.05, 3.63) is 28.8 Å². The van der Waals surface area contributed by atoms with E-state index in [4.69, 9.17) is 16.7 Å². The van der Waals surface area contributed by atoms with Gasteiger partial charge in [0, 0.05) is 19.6 Å². The largest absolute Gasteiger partial charge is 0.478 e. The van der Waals surface area contributed by atoms with Crippen molar-refractivity contribution in [1.82, 2.24) is 9.62 Å². The fraction of sp³-hybridized carbons (Fsp3) is 0.417. The quantitative estimate of drug-likeness (QED) is 0.869. The van der Waals surface area contributed by atoms with Gasteiger partial charge in [0.2, 0.25) is 10.0 Å². The van der Waals surface area contributed by atoms with Crippen LogP contribution < -0.4 is 5.32 Å². The van der Waals surface area contributed by atoms with Crippen LogP contribution in [0.4, 0.5) is 0 Å². The first-order chi connectivity index (χ1) is 9.43. The van der Waals surface area contributed by atoms with Gasteiger partial charge in [-0.05, 0) is 31.2 Å². The molecular formula is C12H15ClN2O4S. The highest BCUT2D eigenvalue weighted by atomic mass is 35.5. The summed E-state index contributed by atoms with van der Waals surface area (Å²) in [6, 6.07) is 3.74. The molecule has 0 bridgehead atoms. The minimum Gasteiger partial charge on any atom is -0.478 e. The molecule has 0 atom stereocenters. The van der Waals surface area contributed by atoms with Crippen LogP contribution in [0.3, 0.4) is 0 Å². The average molecular weight is 319 g/mol. The Kier molecular flexibility index (Phi) is 4.64. The van der Waals surface area contributed by atoms with Crippen molar-refractivity contribution < 1.29 is 18.3 Å². The number of sulfonamides is 1. The first kappa shape index (κ1) is 15.2. The molecule has 2 N–H and O–H groups in total. The molecule has 20 heavy (non-hydrogen) atoms. The van der Waals surface area contributed by atoms with Gasteiger partial charge in [-0.15, -0.1) is 0 Å². The summed E-state index contributed by atoms with van der Waals surface area (Å²) in [4.78, 5) is 11.0. The van der Waals surface area contributed by atoms with Gasteiger partial charge in [-0.3, -0.25) is 0 Å². The molecule has 0 amide bonds. The zero-order valence-corrected chi connectivity index (χ0v) is 12.2. The standard InChI is InChI=1S/C12H15ClN2O4S/c13-11-3-2-9(8-10(11)12(16)17)20(18,19)15-6-1-4-14-5-7-15/h2-3,8,14H,1,4-7H2,(H,16,17). The molecule has 6 nitrogen and oxygen atoms in total. The third kappa shape index (κ3) is 3.12. The molecule has 0 radical (unpaired) electrons. The maximum Gasteiger partial charge on any atom is 0.337 e. The van der Waals surface area contributed by atoms with Crippen LogP contribution in [0.2, 0.25) is 5.02 Å². The fourth-order valence-corrected chi connectivity index (χ4v) is 3.74. The highest BCUT2D eigenvalue weighted by Gasteiger charge is 2.26. The fourth-order valence-electron chi connectivity index (χ4n) is 2.04. The van der Waals surface area contributed by atoms with E-state index in [1.165, 1.54) is 16.4 Å². The van der Waals surface area contributed by atoms with E-state index >= 15 is 0 Å². The van der Waals surface area contributed by atoms with E-state index in [2.05, 4.69) is 5.32 Å². The van der Waals surface area contributed by atoms with Crippen molar-refractivity contribution >= 4 is 27.6 Å². The van der Waals surface area contributed by atoms with Crippen LogP contribution in [0.1, 0.15) is 16.8 Å². The van der Waals surface area contributed by atoms with Crippen LogP contribution in [0, 0.1) is 0 Å². The lowest BCUT2D eigenvalue weighted by Gasteiger charge is -2.19. The molecule has 1 heterocycles. The second kappa shape index (κ2) is 6.09. The van der Waals surface area contributed by atoms with E-state index in [0.717, 1.165) is 19.0 Å². The molecule has 0 saturated carbocycles. The molecule has 0 spiro atoms. The van der Waals surface area contributed by atoms with Crippen molar-refractivity contribution in [3.8, 4) is 0 Å². The highest BCUT2D eigenvalue weighted by molar-refractivity contribution is 7.89. The number of carbonyl (C=O) groups is 1. The summed E-state index contributed by atoms with van der Waals surface area (Å²) < 4.78 is 26.3. The van der Waals surface area contributed by atoms with E-state index in [0.29, 0.717) is 19.6 Å². The Balaban J connectivity index is 2.38. The lowest BCUT2D eigenvalue weighted by molar-refractivity contribution is 0.0697. The second-order valence-electron chi connectivity index (χ2n) is 4.45. The van der Waals surface area contributed by atoms with Crippen molar-refractivity contribution in [2.45, 2.75) is 11.3 Å². The van der Waals surface area contributed by atoms with Gasteiger partial charge in [0.1, 0.15) is 0 Å². The molecule has 1 fully saturated rings. The number of aromatic carboxylic acids is 1. The maximum atomic E-state index is 12.5. The molecule has 1 saturated heterocycles. The predicted molar refractivity (Wildman–Crippen MR) is 74.7 cm³/mol. The minimum atomic E-state index is -3.69. The number of hydrogen-bond donors (Lipinski definition) is 2. The zero-order chi connectivity index (χ0) is 14.8. The lowest BCUT2D eigenvalue weighted by Crippen LogP contribution is -2.34. The molecule has 0 aliphatic carbocycles. The van der Waals surface area contributed by atoms with E-state index in [1.54, 1.807) is 0 Å². The number of hydrogen-bond acceptors (Lipinski definition) is 4. The summed E-state index contributed by atoms with van der Waals surface area (Å²) in [5.41, 5.74) is -0.208. The number of halogens is 1. The van der Waals surface area contributed by atoms with Crippen molar-refractivity contribution in [2.75, 3.05) is 26.2 Å². The topological polar surface area (TPSA) is 86.7 Å². The van der Waals surface area contributed by atoms with Crippen LogP contribution in [-0.4, -0.2) is 50.0 Å². The zero-order valence-electron chi connectivity index (χ0n) is 10.7. The van der Waals surface area contributed by atoms with E-state index in [9.17, 15) is 13.2 Å². The second-order valence-corrected chi connectivity index (χ2v) is 6.80. The van der Waals surface area contributed by atoms with Gasteiger partial charge >= 0.3 is 5.97 Å². The van der Waals surface area contributed by atoms with E-state index < -0.39 is 16.0 Å². The van der Waals surface area contributed by atoms with Gasteiger partial charge < -0.3 is 10.4 Å². The van der Waals surface area contributed by atoms with Crippen LogP contribution >= 0.6 is 11.6 Å². The summed E-state index contributed by atoms with van der Waals surface area (Å²) in [5, 5.41) is 12.1. The average Bonchev–Trinajstić information content (AvgIpc) is 2.67. The first-order valence-electron chi connectivity index (χ1n) is 6.16. The first-order valence-corrected chi connectivity index (χ1v) is 7.98. The monoisotopic (exact) mass is 318 g/mol. The normalized spacial score (nSPS) is 17.6. The molecule has 1 aromatic carbocycles. The molecule has 0 unspecified atom stereocenters. The maximum absolute atomic E-state index is 12.5. The Hall–Kier alpha value is -1.15. The van der Waals surface area contributed by atoms with E-state index in [-0.39, 0.29) is 15.5 Å². The van der Waals surface area contributed by atoms with Gasteiger partial charge in [0.25, 0.3) is 0 Å². The number of nitrogens with zero attached hydrogens (tertiary/aromatic N) is 1. The van der Waals surface area contributed by atoms with Crippen LogP contribution in [0.5, 0.6) is 0 Å². The van der Waals surface area contributed by atoms with Crippen LogP contribution in [0.15, 0.2) is 23.1 Å². The summed E-state index contributed by atoms with van der Waals surface area (Å²) in [5.74, 6) is -1.25. The Bertz CT molecular complexity index is 610. The Labute approximate surface area is 122 Å². The third-order valence-electron chi connectivity index (χ3n) is 3.11. The molecule has 1 aliphatic rings. The molecule has 8 heteroatoms. The number of carboxylic acid groups (broad SMARTS) is 1. The minimum absolute atomic E-state index is 0.0222. The van der Waals surface area contributed by atoms with Gasteiger partial charge in [-0.2, -0.15) is 4.31 Å². The SMILES string of the molecule is O=C(O)c1cc(S(=O)(=O)N2CCCNCC2)ccc1Cl. The summed E-state index contributed by atoms with van der Waals surface area (Å²) in [6.45, 7) is 2.14. The summed E-state index contributed by atoms with van der Waals surface area (Å²) in [7, 11) is -3.69. The van der Waals surface area contributed by atoms with Gasteiger partial charge in [0.05, 0.1) is 15.5 Å². The number of nitrogens with one attached hydrogen (secondary N) is 1. The van der Waals surface area contributed by atoms with Crippen LogP contribution in [-0.2, 0) is 10.0 Å². The Morgan fingerprint density at radius 3 is 2.75 bits per heavy atom. The van der Waals surface area contributed by atoms with Crippen molar-refractivity contribution in [1.29, 1.82) is 0 Å². The van der Waals surface area contributed by atoms with Crippen molar-refractivity contribution in [3.63, 3.8) is 0 Å². The molecule has 1 aromatic rings. The summed E-state index contributed by atoms with van der Waals surface area (Å²) in [6.07, 6.45) is 0.721. The van der Waals surface area contributed by atoms with Gasteiger partial charge in [-0.25, -0.2) is 13.2 Å². The van der Waals surface area contributed by atoms with Gasteiger partial charge in [-0.1, -0.05) is 11.6 Å². The number of benzene rings is 1. The molecule has 110 valence electrons. The third-order valence-corrected chi connectivity index (χ3v) is 5.33. The van der Waals surface area contributed by atoms with Crippen molar-refractivity contribution in [2.24, 2.45) is 0 Å². The highest BCUT2D eigenvalue weighted by Crippen LogP contribution is 2.23. The predicted octanol–water partition coefficient (Wildman–Crippen LogP) is 1.02. The smallest absolute Gasteiger partial charge is 0.337 e. The Morgan fingerprint density at radius 2 is 2.05 bits per heavy atom. The van der Waals surface area contributed by atoms with Crippen LogP contribution in [0.25, 0.3) is 0 Å². The molecular weight excluding hydrogens is 304 g/mol. The molecule has 2 rings (SSSR count). The lowest BCUT2D eigenvalue weighted by atomic mass is 10.2.